The number of rotatable bonds is 3. The van der Waals surface area contributed by atoms with E-state index in [9.17, 15) is 4.79 Å². The molecule has 1 heterocycles. The molecule has 0 aliphatic rings. The van der Waals surface area contributed by atoms with E-state index in [2.05, 4.69) is 15.3 Å². The first-order valence-corrected chi connectivity index (χ1v) is 3.94. The summed E-state index contributed by atoms with van der Waals surface area (Å²) in [5, 5.41) is 2.58. The Morgan fingerprint density at radius 2 is 2.42 bits per heavy atom. The lowest BCUT2D eigenvalue weighted by atomic mass is 10.4. The van der Waals surface area contributed by atoms with Gasteiger partial charge in [0, 0.05) is 12.4 Å². The zero-order valence-electron chi connectivity index (χ0n) is 6.33. The summed E-state index contributed by atoms with van der Waals surface area (Å²) in [5.74, 6) is -0.234. The van der Waals surface area contributed by atoms with Crippen molar-refractivity contribution in [3.8, 4) is 0 Å². The van der Waals surface area contributed by atoms with E-state index < -0.39 is 0 Å². The average Bonchev–Trinajstić information content (AvgIpc) is 2.16. The Bertz CT molecular complexity index is 252. The van der Waals surface area contributed by atoms with Gasteiger partial charge in [0.2, 0.25) is 5.91 Å². The van der Waals surface area contributed by atoms with Crippen LogP contribution in [0.2, 0.25) is 0 Å². The molecule has 4 nitrogen and oxygen atoms in total. The highest BCUT2D eigenvalue weighted by Crippen LogP contribution is 1.88. The van der Waals surface area contributed by atoms with Gasteiger partial charge in [0.15, 0.2) is 0 Å². The minimum absolute atomic E-state index is 0.0275. The molecule has 0 unspecified atom stereocenters. The van der Waals surface area contributed by atoms with Gasteiger partial charge in [-0.1, -0.05) is 0 Å². The van der Waals surface area contributed by atoms with Gasteiger partial charge in [-0.3, -0.25) is 14.8 Å². The van der Waals surface area contributed by atoms with Crippen molar-refractivity contribution in [3.05, 3.63) is 24.3 Å². The van der Waals surface area contributed by atoms with Crippen LogP contribution < -0.4 is 5.32 Å². The monoisotopic (exact) mass is 185 g/mol. The van der Waals surface area contributed by atoms with Crippen molar-refractivity contribution in [1.82, 2.24) is 15.3 Å². The molecule has 1 aromatic rings. The van der Waals surface area contributed by atoms with Crippen LogP contribution in [-0.4, -0.2) is 21.8 Å². The lowest BCUT2D eigenvalue weighted by Gasteiger charge is -2.00. The fraction of sp³-hybridized carbons (Fsp3) is 0.286. The summed E-state index contributed by atoms with van der Waals surface area (Å²) in [6.07, 6.45) is 4.74. The molecule has 0 radical (unpaired) electrons. The van der Waals surface area contributed by atoms with Crippen LogP contribution >= 0.6 is 11.6 Å². The number of aromatic nitrogens is 2. The summed E-state index contributed by atoms with van der Waals surface area (Å²) in [5.41, 5.74) is 0.718. The van der Waals surface area contributed by atoms with Gasteiger partial charge in [-0.15, -0.1) is 11.6 Å². The van der Waals surface area contributed by atoms with Crippen LogP contribution in [0.3, 0.4) is 0 Å². The molecule has 0 fully saturated rings. The largest absolute Gasteiger partial charge is 0.349 e. The maximum atomic E-state index is 10.7. The number of alkyl halides is 1. The Hall–Kier alpha value is -1.16. The second-order valence-corrected chi connectivity index (χ2v) is 2.37. The quantitative estimate of drug-likeness (QED) is 0.691. The molecule has 0 spiro atoms. The van der Waals surface area contributed by atoms with Crippen LogP contribution in [0.25, 0.3) is 0 Å². The zero-order chi connectivity index (χ0) is 8.81. The molecule has 1 rings (SSSR count). The maximum Gasteiger partial charge on any atom is 0.235 e. The molecule has 1 aromatic heterocycles. The summed E-state index contributed by atoms with van der Waals surface area (Å²) in [6.45, 7) is 0.374. The molecular weight excluding hydrogens is 178 g/mol. The number of nitrogens with one attached hydrogen (secondary N) is 1. The lowest BCUT2D eigenvalue weighted by Crippen LogP contribution is -2.24. The Balaban J connectivity index is 2.38. The van der Waals surface area contributed by atoms with Crippen LogP contribution in [0, 0.1) is 0 Å². The van der Waals surface area contributed by atoms with Crippen LogP contribution in [0.5, 0.6) is 0 Å². The molecule has 5 heteroatoms. The highest BCUT2D eigenvalue weighted by atomic mass is 35.5. The first-order valence-electron chi connectivity index (χ1n) is 3.40. The Morgan fingerprint density at radius 3 is 3.00 bits per heavy atom. The Labute approximate surface area is 75.0 Å². The van der Waals surface area contributed by atoms with Crippen molar-refractivity contribution in [2.24, 2.45) is 0 Å². The zero-order valence-corrected chi connectivity index (χ0v) is 7.08. The van der Waals surface area contributed by atoms with Gasteiger partial charge in [0.05, 0.1) is 18.4 Å². The topological polar surface area (TPSA) is 54.9 Å². The number of hydrogen-bond donors (Lipinski definition) is 1. The first kappa shape index (κ1) is 8.93. The van der Waals surface area contributed by atoms with Gasteiger partial charge in [0.25, 0.3) is 0 Å². The summed E-state index contributed by atoms with van der Waals surface area (Å²) in [6, 6.07) is 0. The van der Waals surface area contributed by atoms with E-state index in [-0.39, 0.29) is 11.8 Å². The average molecular weight is 186 g/mol. The number of halogens is 1. The standard InChI is InChI=1S/C7H8ClN3O/c8-3-7(12)11-5-6-4-9-1-2-10-6/h1-2,4H,3,5H2,(H,11,12). The Kier molecular flexibility index (Phi) is 3.47. The SMILES string of the molecule is O=C(CCl)NCc1cnccn1. The van der Waals surface area contributed by atoms with Gasteiger partial charge in [-0.05, 0) is 0 Å². The molecule has 1 N–H and O–H groups in total. The van der Waals surface area contributed by atoms with Crippen LogP contribution in [0.1, 0.15) is 5.69 Å². The molecule has 0 bridgehead atoms. The highest BCUT2D eigenvalue weighted by molar-refractivity contribution is 6.27. The minimum Gasteiger partial charge on any atom is -0.349 e. The molecule has 0 aliphatic heterocycles. The van der Waals surface area contributed by atoms with Crippen molar-refractivity contribution in [1.29, 1.82) is 0 Å². The van der Waals surface area contributed by atoms with Gasteiger partial charge in [-0.25, -0.2) is 0 Å². The molecule has 12 heavy (non-hydrogen) atoms. The van der Waals surface area contributed by atoms with Crippen molar-refractivity contribution < 1.29 is 4.79 Å². The fourth-order valence-corrected chi connectivity index (χ4v) is 0.752. The van der Waals surface area contributed by atoms with Gasteiger partial charge in [0.1, 0.15) is 5.88 Å². The second kappa shape index (κ2) is 4.66. The van der Waals surface area contributed by atoms with E-state index >= 15 is 0 Å². The lowest BCUT2D eigenvalue weighted by molar-refractivity contribution is -0.118. The number of amides is 1. The van der Waals surface area contributed by atoms with E-state index in [4.69, 9.17) is 11.6 Å². The van der Waals surface area contributed by atoms with E-state index in [1.807, 2.05) is 0 Å². The molecule has 0 aromatic carbocycles. The van der Waals surface area contributed by atoms with Crippen LogP contribution in [-0.2, 0) is 11.3 Å². The van der Waals surface area contributed by atoms with E-state index in [0.29, 0.717) is 6.54 Å². The fourth-order valence-electron chi connectivity index (χ4n) is 0.658. The number of carbonyl (C=O) groups is 1. The van der Waals surface area contributed by atoms with Gasteiger partial charge < -0.3 is 5.32 Å². The molecule has 0 saturated heterocycles. The van der Waals surface area contributed by atoms with Crippen molar-refractivity contribution in [2.75, 3.05) is 5.88 Å². The third kappa shape index (κ3) is 2.84. The van der Waals surface area contributed by atoms with E-state index in [0.717, 1.165) is 5.69 Å². The van der Waals surface area contributed by atoms with E-state index in [1.165, 1.54) is 0 Å². The number of carbonyl (C=O) groups excluding carboxylic acids is 1. The predicted molar refractivity (Wildman–Crippen MR) is 44.6 cm³/mol. The second-order valence-electron chi connectivity index (χ2n) is 2.11. The van der Waals surface area contributed by atoms with Crippen molar-refractivity contribution >= 4 is 17.5 Å². The van der Waals surface area contributed by atoms with Gasteiger partial charge in [-0.2, -0.15) is 0 Å². The maximum absolute atomic E-state index is 10.7. The molecular formula is C7H8ClN3O. The molecule has 1 amide bonds. The van der Waals surface area contributed by atoms with Crippen molar-refractivity contribution in [2.45, 2.75) is 6.54 Å². The van der Waals surface area contributed by atoms with E-state index in [1.54, 1.807) is 18.6 Å². The third-order valence-corrected chi connectivity index (χ3v) is 1.45. The minimum atomic E-state index is -0.206. The summed E-state index contributed by atoms with van der Waals surface area (Å²) in [4.78, 5) is 18.5. The normalized spacial score (nSPS) is 9.42. The van der Waals surface area contributed by atoms with Crippen LogP contribution in [0.15, 0.2) is 18.6 Å². The van der Waals surface area contributed by atoms with Crippen LogP contribution in [0.4, 0.5) is 0 Å². The molecule has 64 valence electrons. The highest BCUT2D eigenvalue weighted by Gasteiger charge is 1.97. The number of nitrogens with zero attached hydrogens (tertiary/aromatic N) is 2. The summed E-state index contributed by atoms with van der Waals surface area (Å²) >= 11 is 5.27. The summed E-state index contributed by atoms with van der Waals surface area (Å²) < 4.78 is 0. The summed E-state index contributed by atoms with van der Waals surface area (Å²) in [7, 11) is 0. The predicted octanol–water partition coefficient (Wildman–Crippen LogP) is 0.332. The molecule has 0 saturated carbocycles. The number of hydrogen-bond acceptors (Lipinski definition) is 3. The van der Waals surface area contributed by atoms with Crippen molar-refractivity contribution in [3.63, 3.8) is 0 Å². The third-order valence-electron chi connectivity index (χ3n) is 1.20. The van der Waals surface area contributed by atoms with Gasteiger partial charge >= 0.3 is 0 Å². The Morgan fingerprint density at radius 1 is 1.58 bits per heavy atom. The molecule has 0 atom stereocenters. The smallest absolute Gasteiger partial charge is 0.235 e. The molecule has 0 aliphatic carbocycles. The first-order chi connectivity index (χ1) is 5.83.